The second-order valence-corrected chi connectivity index (χ2v) is 11.5. The van der Waals surface area contributed by atoms with E-state index < -0.39 is 53.2 Å². The summed E-state index contributed by atoms with van der Waals surface area (Å²) in [5.74, 6) is -2.58. The Labute approximate surface area is 264 Å². The van der Waals surface area contributed by atoms with Crippen LogP contribution in [0, 0.1) is 11.6 Å². The first-order valence-electron chi connectivity index (χ1n) is 13.9. The van der Waals surface area contributed by atoms with E-state index in [4.69, 9.17) is 37.4 Å². The molecule has 2 amide bonds. The molecule has 3 fully saturated rings. The summed E-state index contributed by atoms with van der Waals surface area (Å²) in [6, 6.07) is 7.74. The standard InChI is InChI=1S/C32H32Cl2F2N2O6/c1-3-5-6-20(4-2)30(41)44-27-17-31(37-28(39)18-42-21-7-9-23(33)25(35)15-21)11-13-32(27,14-12-31)38-29(40)19-43-22-8-10-24(34)26(36)16-22/h3-10,15-16,27H,1,11-14,17-19H2,2H3,(H,37,39)(H,38,40)/b6-5-,20-4+/t27-,31?,32?/m0/s1. The molecular weight excluding hydrogens is 617 g/mol. The Morgan fingerprint density at radius 3 is 1.98 bits per heavy atom. The summed E-state index contributed by atoms with van der Waals surface area (Å²) in [4.78, 5) is 39.1. The number of benzene rings is 2. The van der Waals surface area contributed by atoms with Gasteiger partial charge < -0.3 is 24.8 Å². The van der Waals surface area contributed by atoms with E-state index in [2.05, 4.69) is 17.2 Å². The lowest BCUT2D eigenvalue weighted by Gasteiger charge is -2.57. The number of esters is 1. The minimum Gasteiger partial charge on any atom is -0.484 e. The molecule has 2 N–H and O–H groups in total. The smallest absolute Gasteiger partial charge is 0.338 e. The van der Waals surface area contributed by atoms with Crippen molar-refractivity contribution in [1.82, 2.24) is 10.6 Å². The molecular formula is C32H32Cl2F2N2O6. The highest BCUT2D eigenvalue weighted by Gasteiger charge is 2.57. The lowest BCUT2D eigenvalue weighted by Crippen LogP contribution is -2.71. The van der Waals surface area contributed by atoms with Crippen molar-refractivity contribution in [1.29, 1.82) is 0 Å². The molecule has 2 aromatic carbocycles. The average Bonchev–Trinajstić information content (AvgIpc) is 2.99. The van der Waals surface area contributed by atoms with Crippen molar-refractivity contribution >= 4 is 41.0 Å². The maximum absolute atomic E-state index is 13.8. The molecule has 3 saturated carbocycles. The number of halogens is 4. The van der Waals surface area contributed by atoms with E-state index in [1.54, 1.807) is 25.2 Å². The van der Waals surface area contributed by atoms with E-state index in [0.717, 1.165) is 12.1 Å². The summed E-state index contributed by atoms with van der Waals surface area (Å²) in [7, 11) is 0. The van der Waals surface area contributed by atoms with Crippen LogP contribution in [0.3, 0.4) is 0 Å². The number of hydrogen-bond donors (Lipinski definition) is 2. The predicted octanol–water partition coefficient (Wildman–Crippen LogP) is 6.02. The molecule has 0 aromatic heterocycles. The van der Waals surface area contributed by atoms with Crippen molar-refractivity contribution < 1.29 is 37.4 Å². The number of hydrogen-bond acceptors (Lipinski definition) is 6. The topological polar surface area (TPSA) is 103 Å². The summed E-state index contributed by atoms with van der Waals surface area (Å²) >= 11 is 11.4. The molecule has 0 aliphatic heterocycles. The number of carbonyl (C=O) groups excluding carboxylic acids is 3. The molecule has 44 heavy (non-hydrogen) atoms. The van der Waals surface area contributed by atoms with Gasteiger partial charge in [-0.3, -0.25) is 9.59 Å². The van der Waals surface area contributed by atoms with Crippen LogP contribution in [0.1, 0.15) is 39.0 Å². The third kappa shape index (κ3) is 7.98. The van der Waals surface area contributed by atoms with Gasteiger partial charge in [0.1, 0.15) is 29.2 Å². The van der Waals surface area contributed by atoms with Crippen molar-refractivity contribution in [2.75, 3.05) is 13.2 Å². The van der Waals surface area contributed by atoms with E-state index in [9.17, 15) is 23.2 Å². The van der Waals surface area contributed by atoms with E-state index in [1.165, 1.54) is 30.3 Å². The molecule has 3 aliphatic carbocycles. The van der Waals surface area contributed by atoms with Crippen molar-refractivity contribution in [3.8, 4) is 11.5 Å². The molecule has 5 rings (SSSR count). The van der Waals surface area contributed by atoms with Gasteiger partial charge in [-0.15, -0.1) is 0 Å². The molecule has 0 spiro atoms. The average molecular weight is 650 g/mol. The zero-order valence-electron chi connectivity index (χ0n) is 24.0. The van der Waals surface area contributed by atoms with Crippen LogP contribution < -0.4 is 20.1 Å². The van der Waals surface area contributed by atoms with Crippen LogP contribution in [-0.2, 0) is 19.1 Å². The molecule has 0 radical (unpaired) electrons. The number of carbonyl (C=O) groups is 3. The SMILES string of the molecule is C=C/C=C\C(=C/C)C(=O)O[C@H]1CC2(NC(=O)COc3ccc(Cl)c(F)c3)CCC1(NC(=O)COc1ccc(Cl)c(F)c1)CC2. The predicted molar refractivity (Wildman–Crippen MR) is 162 cm³/mol. The molecule has 12 heteroatoms. The lowest BCUT2D eigenvalue weighted by atomic mass is 9.59. The summed E-state index contributed by atoms with van der Waals surface area (Å²) in [6.07, 6.45) is 7.48. The van der Waals surface area contributed by atoms with Crippen molar-refractivity contribution in [3.63, 3.8) is 0 Å². The van der Waals surface area contributed by atoms with Crippen LogP contribution >= 0.6 is 23.2 Å². The Morgan fingerprint density at radius 1 is 0.932 bits per heavy atom. The van der Waals surface area contributed by atoms with E-state index >= 15 is 0 Å². The Bertz CT molecular complexity index is 1490. The minimum absolute atomic E-state index is 0.0623. The monoisotopic (exact) mass is 648 g/mol. The van der Waals surface area contributed by atoms with Gasteiger partial charge in [0.25, 0.3) is 11.8 Å². The maximum Gasteiger partial charge on any atom is 0.338 e. The number of fused-ring (bicyclic) bond motifs is 3. The highest BCUT2D eigenvalue weighted by molar-refractivity contribution is 6.31. The highest BCUT2D eigenvalue weighted by atomic mass is 35.5. The van der Waals surface area contributed by atoms with Gasteiger partial charge in [0, 0.05) is 24.1 Å². The Kier molecular flexibility index (Phi) is 10.7. The van der Waals surface area contributed by atoms with Gasteiger partial charge in [-0.1, -0.05) is 48.0 Å². The summed E-state index contributed by atoms with van der Waals surface area (Å²) in [6.45, 7) is 4.54. The molecule has 2 aromatic rings. The van der Waals surface area contributed by atoms with Crippen LogP contribution in [0.15, 0.2) is 72.9 Å². The number of nitrogens with one attached hydrogen (secondary N) is 2. The van der Waals surface area contributed by atoms with Crippen LogP contribution in [0.2, 0.25) is 10.0 Å². The first-order valence-corrected chi connectivity index (χ1v) is 14.7. The number of ether oxygens (including phenoxy) is 3. The minimum atomic E-state index is -0.924. The highest BCUT2D eigenvalue weighted by Crippen LogP contribution is 2.48. The Morgan fingerprint density at radius 2 is 1.48 bits per heavy atom. The van der Waals surface area contributed by atoms with E-state index in [1.807, 2.05) is 0 Å². The maximum atomic E-state index is 13.8. The van der Waals surface area contributed by atoms with E-state index in [0.29, 0.717) is 31.3 Å². The number of allylic oxidation sites excluding steroid dienone is 3. The zero-order chi connectivity index (χ0) is 31.9. The van der Waals surface area contributed by atoms with Gasteiger partial charge in [-0.25, -0.2) is 13.6 Å². The molecule has 0 saturated heterocycles. The fourth-order valence-corrected chi connectivity index (χ4v) is 5.75. The lowest BCUT2D eigenvalue weighted by molar-refractivity contribution is -0.162. The first-order chi connectivity index (χ1) is 21.0. The van der Waals surface area contributed by atoms with Gasteiger partial charge in [0.2, 0.25) is 0 Å². The molecule has 1 atom stereocenters. The summed E-state index contributed by atoms with van der Waals surface area (Å²) < 4.78 is 44.5. The largest absolute Gasteiger partial charge is 0.484 e. The molecule has 8 nitrogen and oxygen atoms in total. The van der Waals surface area contributed by atoms with Crippen LogP contribution in [0.4, 0.5) is 8.78 Å². The second kappa shape index (κ2) is 14.3. The Balaban J connectivity index is 1.46. The fourth-order valence-electron chi connectivity index (χ4n) is 5.51. The van der Waals surface area contributed by atoms with Gasteiger partial charge >= 0.3 is 5.97 Å². The van der Waals surface area contributed by atoms with Crippen molar-refractivity contribution in [2.45, 2.75) is 56.2 Å². The van der Waals surface area contributed by atoms with Crippen molar-refractivity contribution in [3.05, 3.63) is 94.5 Å². The van der Waals surface area contributed by atoms with Crippen LogP contribution in [0.5, 0.6) is 11.5 Å². The van der Waals surface area contributed by atoms with Gasteiger partial charge in [-0.05, 0) is 62.9 Å². The normalized spacial score (nSPS) is 22.8. The third-order valence-corrected chi connectivity index (χ3v) is 8.43. The summed E-state index contributed by atoms with van der Waals surface area (Å²) in [5.41, 5.74) is -1.36. The van der Waals surface area contributed by atoms with Gasteiger partial charge in [0.05, 0.1) is 21.2 Å². The number of rotatable bonds is 12. The van der Waals surface area contributed by atoms with Crippen LogP contribution in [0.25, 0.3) is 0 Å². The first kappa shape index (κ1) is 33.0. The quantitative estimate of drug-likeness (QED) is 0.166. The third-order valence-electron chi connectivity index (χ3n) is 7.81. The molecule has 0 heterocycles. The zero-order valence-corrected chi connectivity index (χ0v) is 25.5. The number of amides is 2. The molecule has 0 unspecified atom stereocenters. The summed E-state index contributed by atoms with van der Waals surface area (Å²) in [5, 5.41) is 5.89. The molecule has 3 aliphatic rings. The molecule has 234 valence electrons. The molecule has 2 bridgehead atoms. The second-order valence-electron chi connectivity index (χ2n) is 10.7. The Hall–Kier alpha value is -3.89. The fraction of sp³-hybridized carbons (Fsp3) is 0.344. The van der Waals surface area contributed by atoms with Gasteiger partial charge in [-0.2, -0.15) is 0 Å². The van der Waals surface area contributed by atoms with Crippen LogP contribution in [-0.4, -0.2) is 48.2 Å². The van der Waals surface area contributed by atoms with Gasteiger partial charge in [0.15, 0.2) is 13.2 Å². The van der Waals surface area contributed by atoms with E-state index in [-0.39, 0.29) is 34.6 Å². The van der Waals surface area contributed by atoms with Crippen molar-refractivity contribution in [2.24, 2.45) is 0 Å².